The average Bonchev–Trinajstić information content (AvgIpc) is 3.19. The Hall–Kier alpha value is -2.45. The van der Waals surface area contributed by atoms with Crippen molar-refractivity contribution < 1.29 is 19.9 Å². The lowest BCUT2D eigenvalue weighted by molar-refractivity contribution is -0.128. The van der Waals surface area contributed by atoms with Gasteiger partial charge in [-0.05, 0) is 66.8 Å². The molecule has 4 fully saturated rings. The van der Waals surface area contributed by atoms with Crippen molar-refractivity contribution >= 4 is 28.5 Å². The molecule has 4 saturated carbocycles. The highest BCUT2D eigenvalue weighted by atomic mass is 32.1. The number of nitrogens with one attached hydrogen (secondary N) is 1. The van der Waals surface area contributed by atoms with E-state index in [0.717, 1.165) is 19.3 Å². The van der Waals surface area contributed by atoms with Crippen LogP contribution in [0.5, 0.6) is 0 Å². The van der Waals surface area contributed by atoms with Gasteiger partial charge >= 0.3 is 6.09 Å². The molecule has 164 valence electrons. The van der Waals surface area contributed by atoms with Gasteiger partial charge in [0.25, 0.3) is 0 Å². The second kappa shape index (κ2) is 7.60. The highest BCUT2D eigenvalue weighted by molar-refractivity contribution is 7.14. The lowest BCUT2D eigenvalue weighted by Gasteiger charge is -2.63. The van der Waals surface area contributed by atoms with Crippen LogP contribution in [0.15, 0.2) is 35.7 Å². The number of aromatic nitrogens is 1. The second-order valence-electron chi connectivity index (χ2n) is 9.81. The maximum absolute atomic E-state index is 12.2. The van der Waals surface area contributed by atoms with Crippen LogP contribution in [-0.2, 0) is 16.6 Å². The highest BCUT2D eigenvalue weighted by Gasteiger charge is 2.58. The minimum Gasteiger partial charge on any atom is -0.465 e. The van der Waals surface area contributed by atoms with Crippen molar-refractivity contribution in [3.63, 3.8) is 0 Å². The molecule has 0 radical (unpaired) electrons. The van der Waals surface area contributed by atoms with Gasteiger partial charge in [-0.2, -0.15) is 0 Å². The van der Waals surface area contributed by atoms with Gasteiger partial charge in [-0.3, -0.25) is 14.9 Å². The van der Waals surface area contributed by atoms with Crippen molar-refractivity contribution in [3.05, 3.63) is 47.0 Å². The Kier molecular flexibility index (Phi) is 5.01. The molecule has 1 aromatic carbocycles. The van der Waals surface area contributed by atoms with Crippen LogP contribution in [0.4, 0.5) is 9.93 Å². The number of anilines is 1. The molecule has 4 aliphatic carbocycles. The van der Waals surface area contributed by atoms with Gasteiger partial charge in [-0.25, -0.2) is 15.3 Å². The average molecular weight is 442 g/mol. The van der Waals surface area contributed by atoms with Crippen LogP contribution in [-0.4, -0.2) is 33.8 Å². The Morgan fingerprint density at radius 1 is 1.16 bits per heavy atom. The number of thiazole rings is 1. The van der Waals surface area contributed by atoms with E-state index >= 15 is 0 Å². The molecule has 2 unspecified atom stereocenters. The van der Waals surface area contributed by atoms with E-state index in [2.05, 4.69) is 35.3 Å². The third kappa shape index (κ3) is 3.72. The van der Waals surface area contributed by atoms with E-state index in [9.17, 15) is 14.7 Å². The van der Waals surface area contributed by atoms with E-state index in [-0.39, 0.29) is 17.3 Å². The van der Waals surface area contributed by atoms with Crippen molar-refractivity contribution in [2.45, 2.75) is 50.4 Å². The molecule has 2 amide bonds. The van der Waals surface area contributed by atoms with Crippen molar-refractivity contribution in [2.75, 3.05) is 11.4 Å². The molecule has 31 heavy (non-hydrogen) atoms. The lowest BCUT2D eigenvalue weighted by Crippen LogP contribution is -2.57. The van der Waals surface area contributed by atoms with E-state index in [1.165, 1.54) is 41.1 Å². The van der Waals surface area contributed by atoms with Crippen molar-refractivity contribution in [2.24, 2.45) is 17.3 Å². The first kappa shape index (κ1) is 20.5. The normalized spacial score (nSPS) is 30.9. The number of nitrogens with zero attached hydrogens (tertiary/aromatic N) is 2. The summed E-state index contributed by atoms with van der Waals surface area (Å²) in [5.41, 5.74) is 3.58. The monoisotopic (exact) mass is 441 g/mol. The van der Waals surface area contributed by atoms with Gasteiger partial charge in [0.05, 0.1) is 12.1 Å². The summed E-state index contributed by atoms with van der Waals surface area (Å²) in [5.74, 6) is 0.735. The molecule has 4 bridgehead atoms. The summed E-state index contributed by atoms with van der Waals surface area (Å²) in [6.07, 6.45) is 5.77. The first-order chi connectivity index (χ1) is 14.9. The summed E-state index contributed by atoms with van der Waals surface area (Å²) >= 11 is 1.23. The van der Waals surface area contributed by atoms with Crippen molar-refractivity contribution in [1.29, 1.82) is 0 Å². The molecule has 0 spiro atoms. The van der Waals surface area contributed by atoms with Crippen LogP contribution < -0.4 is 10.4 Å². The number of rotatable bonds is 6. The van der Waals surface area contributed by atoms with Gasteiger partial charge in [-0.15, -0.1) is 11.3 Å². The summed E-state index contributed by atoms with van der Waals surface area (Å²) < 4.78 is 0. The number of hydroxylamine groups is 1. The predicted molar refractivity (Wildman–Crippen MR) is 116 cm³/mol. The van der Waals surface area contributed by atoms with Crippen molar-refractivity contribution in [1.82, 2.24) is 10.5 Å². The fourth-order valence-electron chi connectivity index (χ4n) is 7.02. The largest absolute Gasteiger partial charge is 0.465 e. The van der Waals surface area contributed by atoms with Crippen LogP contribution in [0.3, 0.4) is 0 Å². The molecule has 6 rings (SSSR count). The standard InChI is InChI=1S/C23H27N3O4S/c27-19(25-30)7-18-12-31-20(24-18)26(21(28)29)14-22-8-15-6-16(9-22)11-23(10-15,13-22)17-4-2-1-3-5-17/h1-5,12,15-16,30H,6-11,13-14H2,(H,25,27)(H,28,29). The van der Waals surface area contributed by atoms with Crippen LogP contribution in [0.1, 0.15) is 49.8 Å². The first-order valence-electron chi connectivity index (χ1n) is 10.8. The minimum atomic E-state index is -1.00. The van der Waals surface area contributed by atoms with Crippen molar-refractivity contribution in [3.8, 4) is 0 Å². The third-order valence-electron chi connectivity index (χ3n) is 7.53. The molecule has 4 aliphatic rings. The Morgan fingerprint density at radius 3 is 2.52 bits per heavy atom. The molecule has 3 N–H and O–H groups in total. The first-order valence-corrected chi connectivity index (χ1v) is 11.7. The van der Waals surface area contributed by atoms with E-state index < -0.39 is 12.0 Å². The fraction of sp³-hybridized carbons (Fsp3) is 0.522. The molecule has 1 aromatic heterocycles. The van der Waals surface area contributed by atoms with Crippen LogP contribution in [0.25, 0.3) is 0 Å². The zero-order valence-corrected chi connectivity index (χ0v) is 18.1. The molecule has 8 heteroatoms. The lowest BCUT2D eigenvalue weighted by atomic mass is 9.43. The maximum atomic E-state index is 12.2. The Morgan fingerprint density at radius 2 is 1.87 bits per heavy atom. The predicted octanol–water partition coefficient (Wildman–Crippen LogP) is 4.21. The van der Waals surface area contributed by atoms with Crippen LogP contribution in [0, 0.1) is 17.3 Å². The summed E-state index contributed by atoms with van der Waals surface area (Å²) in [4.78, 5) is 29.4. The smallest absolute Gasteiger partial charge is 0.413 e. The molecule has 2 atom stereocenters. The van der Waals surface area contributed by atoms with E-state index in [1.54, 1.807) is 10.9 Å². The van der Waals surface area contributed by atoms with E-state index in [4.69, 9.17) is 5.21 Å². The third-order valence-corrected chi connectivity index (χ3v) is 8.44. The van der Waals surface area contributed by atoms with Gasteiger partial charge in [0, 0.05) is 11.9 Å². The maximum Gasteiger partial charge on any atom is 0.413 e. The number of hydrogen-bond acceptors (Lipinski definition) is 5. The Bertz CT molecular complexity index is 978. The van der Waals surface area contributed by atoms with Gasteiger partial charge in [0.2, 0.25) is 5.91 Å². The number of carboxylic acid groups (broad SMARTS) is 1. The van der Waals surface area contributed by atoms with Gasteiger partial charge in [0.1, 0.15) is 0 Å². The summed E-state index contributed by atoms with van der Waals surface area (Å²) in [6.45, 7) is 0.447. The number of hydrogen-bond donors (Lipinski definition) is 3. The molecule has 0 aliphatic heterocycles. The van der Waals surface area contributed by atoms with Crippen LogP contribution in [0.2, 0.25) is 0 Å². The molecular formula is C23H27N3O4S. The van der Waals surface area contributed by atoms with Gasteiger partial charge < -0.3 is 5.11 Å². The number of amides is 2. The zero-order chi connectivity index (χ0) is 21.6. The minimum absolute atomic E-state index is 0.0351. The topological polar surface area (TPSA) is 103 Å². The SMILES string of the molecule is O=C(Cc1csc(N(CC23CC4CC(C2)CC(c2ccccc2)(C4)C3)C(=O)O)n1)NO. The number of carbonyl (C=O) groups is 2. The molecule has 2 aromatic rings. The van der Waals surface area contributed by atoms with Gasteiger partial charge in [0.15, 0.2) is 5.13 Å². The van der Waals surface area contributed by atoms with Crippen LogP contribution >= 0.6 is 11.3 Å². The quantitative estimate of drug-likeness (QED) is 0.460. The highest BCUT2D eigenvalue weighted by Crippen LogP contribution is 2.66. The van der Waals surface area contributed by atoms with E-state index in [1.807, 2.05) is 0 Å². The summed E-state index contributed by atoms with van der Waals surface area (Å²) in [7, 11) is 0. The summed E-state index contributed by atoms with van der Waals surface area (Å²) in [5, 5.41) is 20.8. The van der Waals surface area contributed by atoms with Gasteiger partial charge in [-0.1, -0.05) is 30.3 Å². The number of carbonyl (C=O) groups excluding carboxylic acids is 1. The fourth-order valence-corrected chi connectivity index (χ4v) is 7.84. The van der Waals surface area contributed by atoms with E-state index in [0.29, 0.717) is 29.2 Å². The second-order valence-corrected chi connectivity index (χ2v) is 10.6. The zero-order valence-electron chi connectivity index (χ0n) is 17.3. The Balaban J connectivity index is 1.42. The molecule has 1 heterocycles. The molecular weight excluding hydrogens is 414 g/mol. The number of benzene rings is 1. The molecule has 0 saturated heterocycles. The Labute approximate surface area is 185 Å². The summed E-state index contributed by atoms with van der Waals surface area (Å²) in [6, 6.07) is 10.8. The molecule has 7 nitrogen and oxygen atoms in total.